The van der Waals surface area contributed by atoms with Gasteiger partial charge < -0.3 is 10.1 Å². The number of hydrogen-bond donors (Lipinski definition) is 1. The van der Waals surface area contributed by atoms with E-state index in [1.54, 1.807) is 60.2 Å². The molecule has 9 heteroatoms. The molecule has 1 N–H and O–H groups in total. The summed E-state index contributed by atoms with van der Waals surface area (Å²) in [6, 6.07) is 7.07. The zero-order valence-electron chi connectivity index (χ0n) is 18.7. The second-order valence-electron chi connectivity index (χ2n) is 7.67. The van der Waals surface area contributed by atoms with E-state index in [2.05, 4.69) is 41.1 Å². The van der Waals surface area contributed by atoms with Gasteiger partial charge in [0.1, 0.15) is 11.3 Å². The van der Waals surface area contributed by atoms with E-state index in [4.69, 9.17) is 16.3 Å². The lowest BCUT2D eigenvalue weighted by Gasteiger charge is -2.26. The molecule has 8 nitrogen and oxygen atoms in total. The van der Waals surface area contributed by atoms with Crippen molar-refractivity contribution in [2.24, 2.45) is 11.0 Å². The summed E-state index contributed by atoms with van der Waals surface area (Å²) in [7, 11) is 1.59. The first-order valence-corrected chi connectivity index (χ1v) is 10.6. The molecule has 168 valence electrons. The van der Waals surface area contributed by atoms with Crippen molar-refractivity contribution >= 4 is 35.6 Å². The third-order valence-electron chi connectivity index (χ3n) is 4.94. The number of methoxy groups -OCH3 is 1. The number of hydrogen-bond acceptors (Lipinski definition) is 6. The van der Waals surface area contributed by atoms with E-state index in [0.717, 1.165) is 6.42 Å². The highest BCUT2D eigenvalue weighted by molar-refractivity contribution is 6.30. The number of allylic oxidation sites excluding steroid dienone is 1. The Bertz CT molecular complexity index is 1150. The first kappa shape index (κ1) is 23.3. The van der Waals surface area contributed by atoms with Gasteiger partial charge in [0.15, 0.2) is 5.65 Å². The number of ether oxygens (including phenoxy) is 1. The van der Waals surface area contributed by atoms with Crippen molar-refractivity contribution in [3.05, 3.63) is 64.7 Å². The summed E-state index contributed by atoms with van der Waals surface area (Å²) in [4.78, 5) is 17.4. The number of nitrogens with zero attached hydrogens (tertiary/aromatic N) is 5. The molecule has 0 radical (unpaired) electrons. The first-order valence-electron chi connectivity index (χ1n) is 10.2. The maximum Gasteiger partial charge on any atom is 0.260 e. The maximum absolute atomic E-state index is 13.1. The van der Waals surface area contributed by atoms with Crippen LogP contribution in [0, 0.1) is 5.92 Å². The molecule has 0 bridgehead atoms. The van der Waals surface area contributed by atoms with Crippen LogP contribution in [0.2, 0.25) is 5.02 Å². The number of hydrazone groups is 1. The molecule has 0 unspecified atom stereocenters. The monoisotopic (exact) mass is 454 g/mol. The number of rotatable bonds is 9. The number of nitrogens with one attached hydrogen (secondary N) is 1. The van der Waals surface area contributed by atoms with Crippen LogP contribution < -0.4 is 10.1 Å². The molecule has 0 spiro atoms. The Balaban J connectivity index is 2.07. The Labute approximate surface area is 192 Å². The molecule has 3 rings (SSSR count). The lowest BCUT2D eigenvalue weighted by molar-refractivity contribution is 0.0967. The average molecular weight is 455 g/mol. The quantitative estimate of drug-likeness (QED) is 0.381. The number of benzene rings is 1. The van der Waals surface area contributed by atoms with E-state index in [1.807, 2.05) is 0 Å². The molecular formula is C23H27ClN6O2. The summed E-state index contributed by atoms with van der Waals surface area (Å²) >= 11 is 6.30. The fourth-order valence-corrected chi connectivity index (χ4v) is 3.49. The van der Waals surface area contributed by atoms with E-state index in [0.29, 0.717) is 51.4 Å². The van der Waals surface area contributed by atoms with Gasteiger partial charge in [0.2, 0.25) is 0 Å². The molecule has 3 aromatic rings. The zero-order valence-corrected chi connectivity index (χ0v) is 19.4. The second-order valence-corrected chi connectivity index (χ2v) is 8.10. The number of aromatic nitrogens is 3. The number of fused-ring (bicyclic) bond motifs is 1. The van der Waals surface area contributed by atoms with Crippen LogP contribution in [0.5, 0.6) is 5.75 Å². The minimum absolute atomic E-state index is 0.331. The summed E-state index contributed by atoms with van der Waals surface area (Å²) in [6.07, 6.45) is 5.73. The van der Waals surface area contributed by atoms with Crippen LogP contribution in [0.1, 0.15) is 43.1 Å². The molecular weight excluding hydrogens is 428 g/mol. The fourth-order valence-electron chi connectivity index (χ4n) is 3.32. The topological polar surface area (TPSA) is 84.1 Å². The van der Waals surface area contributed by atoms with Gasteiger partial charge in [0, 0.05) is 41.9 Å². The highest BCUT2D eigenvalue weighted by Gasteiger charge is 2.22. The van der Waals surface area contributed by atoms with E-state index in [9.17, 15) is 4.79 Å². The van der Waals surface area contributed by atoms with E-state index >= 15 is 0 Å². The van der Waals surface area contributed by atoms with Crippen molar-refractivity contribution in [3.8, 4) is 5.75 Å². The maximum atomic E-state index is 13.1. The van der Waals surface area contributed by atoms with Crippen LogP contribution in [0.3, 0.4) is 0 Å². The largest absolute Gasteiger partial charge is 0.496 e. The zero-order chi connectivity index (χ0) is 23.3. The third kappa shape index (κ3) is 5.08. The van der Waals surface area contributed by atoms with Crippen molar-refractivity contribution in [2.75, 3.05) is 13.7 Å². The van der Waals surface area contributed by atoms with Crippen molar-refractivity contribution in [3.63, 3.8) is 0 Å². The average Bonchev–Trinajstić information content (AvgIpc) is 3.20. The van der Waals surface area contributed by atoms with E-state index in [1.165, 1.54) is 6.20 Å². The number of carbonyl (C=O) groups excluding carboxylic acids is 1. The van der Waals surface area contributed by atoms with Gasteiger partial charge in [0.05, 0.1) is 19.0 Å². The van der Waals surface area contributed by atoms with Gasteiger partial charge in [-0.3, -0.25) is 9.80 Å². The summed E-state index contributed by atoms with van der Waals surface area (Å²) in [5.74, 6) is 0.734. The predicted octanol–water partition coefficient (Wildman–Crippen LogP) is 4.47. The Kier molecular flexibility index (Phi) is 7.48. The van der Waals surface area contributed by atoms with Crippen LogP contribution in [-0.2, 0) is 0 Å². The smallest absolute Gasteiger partial charge is 0.260 e. The minimum atomic E-state index is -0.331. The Morgan fingerprint density at radius 2 is 2.16 bits per heavy atom. The van der Waals surface area contributed by atoms with Crippen molar-refractivity contribution in [1.82, 2.24) is 24.9 Å². The molecule has 1 amide bonds. The Hall–Kier alpha value is -3.39. The molecule has 0 aliphatic carbocycles. The number of amides is 1. The third-order valence-corrected chi connectivity index (χ3v) is 5.18. The first-order chi connectivity index (χ1) is 15.3. The van der Waals surface area contributed by atoms with Crippen LogP contribution in [0.25, 0.3) is 11.3 Å². The Morgan fingerprint density at radius 1 is 1.38 bits per heavy atom. The molecule has 0 aliphatic heterocycles. The summed E-state index contributed by atoms with van der Waals surface area (Å²) < 4.78 is 7.12. The number of carbonyl (C=O) groups is 1. The molecule has 0 aliphatic rings. The van der Waals surface area contributed by atoms with Crippen LogP contribution >= 0.6 is 11.6 Å². The van der Waals surface area contributed by atoms with E-state index < -0.39 is 0 Å². The van der Waals surface area contributed by atoms with Gasteiger partial charge in [-0.2, -0.15) is 10.2 Å². The standard InChI is InChI=1S/C23H27ClN6O2/c1-15(2)9-12-29(25-4)21(18-13-17(24)7-8-20(18)32-5)16(3)28-23(31)19-14-27-30-11-6-10-26-22(19)30/h6-8,10-11,13-15H,4,9,12H2,1-3,5H3,(H,28,31)/b21-16+. The summed E-state index contributed by atoms with van der Waals surface area (Å²) in [5, 5.41) is 13.7. The van der Waals surface area contributed by atoms with Crippen LogP contribution in [-0.4, -0.2) is 45.9 Å². The Morgan fingerprint density at radius 3 is 2.84 bits per heavy atom. The molecule has 0 saturated heterocycles. The SMILES string of the molecule is C=NN(CCC(C)C)/C(=C(\C)NC(=O)c1cnn2cccnc12)c1cc(Cl)ccc1OC. The van der Waals surface area contributed by atoms with Gasteiger partial charge in [0.25, 0.3) is 5.91 Å². The van der Waals surface area contributed by atoms with Crippen molar-refractivity contribution in [2.45, 2.75) is 27.2 Å². The highest BCUT2D eigenvalue weighted by atomic mass is 35.5. The summed E-state index contributed by atoms with van der Waals surface area (Å²) in [6.45, 7) is 10.4. The van der Waals surface area contributed by atoms with Gasteiger partial charge >= 0.3 is 0 Å². The number of halogens is 1. The van der Waals surface area contributed by atoms with Crippen LogP contribution in [0.4, 0.5) is 0 Å². The highest BCUT2D eigenvalue weighted by Crippen LogP contribution is 2.33. The van der Waals surface area contributed by atoms with Gasteiger partial charge in [-0.25, -0.2) is 9.50 Å². The molecule has 2 aromatic heterocycles. The normalized spacial score (nSPS) is 11.9. The molecule has 0 fully saturated rings. The van der Waals surface area contributed by atoms with Gasteiger partial charge in [-0.15, -0.1) is 0 Å². The van der Waals surface area contributed by atoms with Crippen molar-refractivity contribution in [1.29, 1.82) is 0 Å². The molecule has 0 saturated carbocycles. The lowest BCUT2D eigenvalue weighted by atomic mass is 10.1. The van der Waals surface area contributed by atoms with Crippen LogP contribution in [0.15, 0.2) is 53.7 Å². The molecule has 1 aromatic carbocycles. The molecule has 0 atom stereocenters. The van der Waals surface area contributed by atoms with E-state index in [-0.39, 0.29) is 5.91 Å². The molecule has 2 heterocycles. The summed E-state index contributed by atoms with van der Waals surface area (Å²) in [5.41, 5.74) is 2.76. The second kappa shape index (κ2) is 10.3. The fraction of sp³-hybridized carbons (Fsp3) is 0.304. The van der Waals surface area contributed by atoms with Crippen molar-refractivity contribution < 1.29 is 9.53 Å². The lowest BCUT2D eigenvalue weighted by Crippen LogP contribution is -2.27. The van der Waals surface area contributed by atoms with Gasteiger partial charge in [-0.1, -0.05) is 25.4 Å². The predicted molar refractivity (Wildman–Crippen MR) is 127 cm³/mol. The molecule has 32 heavy (non-hydrogen) atoms. The van der Waals surface area contributed by atoms with Gasteiger partial charge in [-0.05, 0) is 43.5 Å². The minimum Gasteiger partial charge on any atom is -0.496 e.